The van der Waals surface area contributed by atoms with Crippen LogP contribution in [0.2, 0.25) is 0 Å². The Bertz CT molecular complexity index is 2690. The van der Waals surface area contributed by atoms with E-state index in [0.717, 1.165) is 29.1 Å². The maximum atomic E-state index is 13.7. The van der Waals surface area contributed by atoms with Crippen LogP contribution in [0.1, 0.15) is 89.6 Å². The molecule has 394 valence electrons. The average Bonchev–Trinajstić information content (AvgIpc) is 3.35. The molecule has 1 aromatic heterocycles. The molecule has 1 unspecified atom stereocenters. The summed E-state index contributed by atoms with van der Waals surface area (Å²) in [5.74, 6) is -11.7. The Morgan fingerprint density at radius 1 is 0.486 bits per heavy atom. The number of aromatic nitrogens is 1. The molecule has 0 spiro atoms. The first-order valence-electron chi connectivity index (χ1n) is 23.0. The van der Waals surface area contributed by atoms with Crippen LogP contribution in [0.3, 0.4) is 0 Å². The summed E-state index contributed by atoms with van der Waals surface area (Å²) >= 11 is 0. The van der Waals surface area contributed by atoms with Crippen molar-refractivity contribution in [2.24, 2.45) is 0 Å². The van der Waals surface area contributed by atoms with Gasteiger partial charge in [-0.1, -0.05) is 54.6 Å². The SMILES string of the molecule is O=C(O)CC[C@H](NC(=O)N[C@@H](CCCCNC(=O)C(Cc1ccc2ccccc2c1)NC(=O)c1ccc(CNC(=O)[C@H](CCC(=O)O)NC(=O)[C@H](CCC(=O)O)NC(=O)c2ccc(F)nc2)cc1)C(=O)O)C(=O)O. The van der Waals surface area contributed by atoms with Crippen LogP contribution in [0.25, 0.3) is 10.8 Å². The van der Waals surface area contributed by atoms with Gasteiger partial charge in [0.25, 0.3) is 11.8 Å². The number of aliphatic carboxylic acids is 5. The number of amides is 7. The summed E-state index contributed by atoms with van der Waals surface area (Å²) < 4.78 is 13.3. The average molecular weight is 1030 g/mol. The number of halogens is 1. The van der Waals surface area contributed by atoms with Crippen molar-refractivity contribution in [3.63, 3.8) is 0 Å². The minimum atomic E-state index is -1.58. The lowest BCUT2D eigenvalue weighted by Gasteiger charge is -2.23. The number of nitrogens with one attached hydrogen (secondary N) is 7. The minimum Gasteiger partial charge on any atom is -0.481 e. The zero-order chi connectivity index (χ0) is 54.3. The Kier molecular flexibility index (Phi) is 22.3. The molecule has 0 fully saturated rings. The zero-order valence-electron chi connectivity index (χ0n) is 39.5. The highest BCUT2D eigenvalue weighted by molar-refractivity contribution is 5.99. The van der Waals surface area contributed by atoms with Crippen molar-refractivity contribution >= 4 is 76.2 Å². The van der Waals surface area contributed by atoms with Crippen LogP contribution in [0, 0.1) is 5.95 Å². The van der Waals surface area contributed by atoms with E-state index in [0.29, 0.717) is 11.1 Å². The predicted molar refractivity (Wildman–Crippen MR) is 257 cm³/mol. The van der Waals surface area contributed by atoms with Crippen LogP contribution in [-0.4, -0.2) is 133 Å². The molecule has 5 atom stereocenters. The monoisotopic (exact) mass is 1030 g/mol. The van der Waals surface area contributed by atoms with Gasteiger partial charge in [0, 0.05) is 50.5 Å². The van der Waals surface area contributed by atoms with Gasteiger partial charge in [-0.05, 0) is 84.7 Å². The van der Waals surface area contributed by atoms with Gasteiger partial charge in [-0.15, -0.1) is 0 Å². The first-order valence-corrected chi connectivity index (χ1v) is 23.0. The Balaban J connectivity index is 1.38. The number of fused-ring (bicyclic) bond motifs is 1. The third-order valence-corrected chi connectivity index (χ3v) is 11.2. The van der Waals surface area contributed by atoms with Crippen molar-refractivity contribution in [2.45, 2.75) is 101 Å². The number of hydrogen-bond donors (Lipinski definition) is 12. The Labute approximate surface area is 420 Å². The number of carbonyl (C=O) groups excluding carboxylic acids is 6. The molecule has 0 radical (unpaired) electrons. The minimum absolute atomic E-state index is 0.0241. The van der Waals surface area contributed by atoms with Gasteiger partial charge in [0.05, 0.1) is 5.56 Å². The molecule has 74 heavy (non-hydrogen) atoms. The molecular formula is C49H55FN8O16. The molecule has 7 amide bonds. The lowest BCUT2D eigenvalue weighted by Crippen LogP contribution is -2.53. The second kappa shape index (κ2) is 28.7. The largest absolute Gasteiger partial charge is 0.481 e. The predicted octanol–water partition coefficient (Wildman–Crippen LogP) is 1.70. The molecule has 1 heterocycles. The highest BCUT2D eigenvalue weighted by Crippen LogP contribution is 2.18. The van der Waals surface area contributed by atoms with Gasteiger partial charge < -0.3 is 62.8 Å². The molecule has 0 aliphatic carbocycles. The number of unbranched alkanes of at least 4 members (excludes halogenated alkanes) is 1. The van der Waals surface area contributed by atoms with Crippen LogP contribution < -0.4 is 37.2 Å². The van der Waals surface area contributed by atoms with Gasteiger partial charge in [0.2, 0.25) is 23.7 Å². The van der Waals surface area contributed by atoms with E-state index < -0.39 is 140 Å². The van der Waals surface area contributed by atoms with Gasteiger partial charge in [0.15, 0.2) is 0 Å². The van der Waals surface area contributed by atoms with E-state index in [-0.39, 0.29) is 49.9 Å². The second-order valence-corrected chi connectivity index (χ2v) is 16.8. The van der Waals surface area contributed by atoms with Crippen LogP contribution in [0.4, 0.5) is 9.18 Å². The van der Waals surface area contributed by atoms with Crippen LogP contribution in [0.5, 0.6) is 0 Å². The van der Waals surface area contributed by atoms with Crippen molar-refractivity contribution < 1.29 is 82.7 Å². The molecule has 0 bridgehead atoms. The molecule has 3 aromatic carbocycles. The summed E-state index contributed by atoms with van der Waals surface area (Å²) in [6.45, 7) is -0.156. The van der Waals surface area contributed by atoms with Gasteiger partial charge >= 0.3 is 35.9 Å². The molecule has 0 aliphatic rings. The number of carboxylic acid groups (broad SMARTS) is 5. The number of nitrogens with zero attached hydrogens (tertiary/aromatic N) is 1. The number of urea groups is 1. The Hall–Kier alpha value is -9.03. The number of rotatable bonds is 30. The molecular weight excluding hydrogens is 976 g/mol. The number of carbonyl (C=O) groups is 11. The van der Waals surface area contributed by atoms with Gasteiger partial charge in [0.1, 0.15) is 30.2 Å². The fourth-order valence-electron chi connectivity index (χ4n) is 7.18. The van der Waals surface area contributed by atoms with Crippen molar-refractivity contribution in [3.8, 4) is 0 Å². The lowest BCUT2D eigenvalue weighted by atomic mass is 10.0. The van der Waals surface area contributed by atoms with E-state index in [2.05, 4.69) is 36.9 Å². The summed E-state index contributed by atoms with van der Waals surface area (Å²) in [7, 11) is 0. The topological polar surface area (TPSA) is 386 Å². The van der Waals surface area contributed by atoms with Crippen LogP contribution in [-0.2, 0) is 51.3 Å². The molecule has 0 saturated heterocycles. The normalized spacial score (nSPS) is 12.8. The standard InChI is InChI=1S/C49H55FN8O16/c50-38-18-14-32(26-52-38)43(66)54-34(16-20-40(61)62)46(69)55-33(15-19-39(59)60)44(67)53-25-27-8-12-30(13-9-27)42(65)56-37(24-28-10-11-29-5-1-2-6-31(29)23-28)45(68)51-22-4-3-7-35(47(70)71)57-49(74)58-36(48(72)73)17-21-41(63)64/h1-2,5-6,8-14,18,23,26,33-37H,3-4,7,15-17,19-22,24-25H2,(H,51,68)(H,53,67)(H,54,66)(H,55,69)(H,56,65)(H,59,60)(H,61,62)(H,63,64)(H,70,71)(H,72,73)(H2,57,58,74)/t33-,34-,35-,36-,37?/m0/s1. The van der Waals surface area contributed by atoms with Crippen LogP contribution >= 0.6 is 0 Å². The smallest absolute Gasteiger partial charge is 0.326 e. The van der Waals surface area contributed by atoms with E-state index in [1.165, 1.54) is 24.3 Å². The summed E-state index contributed by atoms with van der Waals surface area (Å²) in [6.07, 6.45) is -1.76. The van der Waals surface area contributed by atoms with Gasteiger partial charge in [-0.25, -0.2) is 19.4 Å². The lowest BCUT2D eigenvalue weighted by molar-refractivity contribution is -0.141. The number of benzene rings is 3. The molecule has 4 aromatic rings. The molecule has 12 N–H and O–H groups in total. The second-order valence-electron chi connectivity index (χ2n) is 16.8. The summed E-state index contributed by atoms with van der Waals surface area (Å²) in [5.41, 5.74) is 1.12. The first kappa shape index (κ1) is 57.5. The first-order chi connectivity index (χ1) is 35.2. The van der Waals surface area contributed by atoms with Crippen molar-refractivity contribution in [1.29, 1.82) is 0 Å². The molecule has 0 saturated carbocycles. The van der Waals surface area contributed by atoms with Crippen molar-refractivity contribution in [1.82, 2.24) is 42.2 Å². The van der Waals surface area contributed by atoms with Crippen molar-refractivity contribution in [3.05, 3.63) is 113 Å². The van der Waals surface area contributed by atoms with E-state index in [1.54, 1.807) is 6.07 Å². The number of hydrogen-bond acceptors (Lipinski definition) is 12. The van der Waals surface area contributed by atoms with E-state index in [4.69, 9.17) is 5.11 Å². The highest BCUT2D eigenvalue weighted by atomic mass is 19.1. The summed E-state index contributed by atoms with van der Waals surface area (Å²) in [5, 5.41) is 65.2. The van der Waals surface area contributed by atoms with Gasteiger partial charge in [-0.3, -0.25) is 38.4 Å². The number of carboxylic acids is 5. The maximum absolute atomic E-state index is 13.7. The van der Waals surface area contributed by atoms with Crippen LogP contribution in [0.15, 0.2) is 85.1 Å². The Morgan fingerprint density at radius 2 is 1.00 bits per heavy atom. The number of pyridine rings is 1. The van der Waals surface area contributed by atoms with E-state index in [9.17, 15) is 77.6 Å². The summed E-state index contributed by atoms with van der Waals surface area (Å²) in [6, 6.07) is 12.6. The third kappa shape index (κ3) is 19.6. The quantitative estimate of drug-likeness (QED) is 0.0261. The molecule has 25 heteroatoms. The molecule has 24 nitrogen and oxygen atoms in total. The fraction of sp³-hybridized carbons (Fsp3) is 0.347. The molecule has 4 rings (SSSR count). The van der Waals surface area contributed by atoms with E-state index >= 15 is 0 Å². The third-order valence-electron chi connectivity index (χ3n) is 11.2. The zero-order valence-corrected chi connectivity index (χ0v) is 39.5. The molecule has 0 aliphatic heterocycles. The maximum Gasteiger partial charge on any atom is 0.326 e. The van der Waals surface area contributed by atoms with Crippen molar-refractivity contribution in [2.75, 3.05) is 6.54 Å². The Morgan fingerprint density at radius 3 is 1.58 bits per heavy atom. The van der Waals surface area contributed by atoms with Gasteiger partial charge in [-0.2, -0.15) is 4.39 Å². The van der Waals surface area contributed by atoms with E-state index in [1.807, 2.05) is 41.7 Å². The fourth-order valence-corrected chi connectivity index (χ4v) is 7.18. The summed E-state index contributed by atoms with van der Waals surface area (Å²) in [4.78, 5) is 140. The highest BCUT2D eigenvalue weighted by Gasteiger charge is 2.29.